The lowest BCUT2D eigenvalue weighted by Crippen LogP contribution is -2.51. The van der Waals surface area contributed by atoms with Crippen LogP contribution in [0, 0.1) is 5.82 Å². The minimum atomic E-state index is -0.177. The Bertz CT molecular complexity index is 423. The van der Waals surface area contributed by atoms with Crippen molar-refractivity contribution >= 4 is 0 Å². The van der Waals surface area contributed by atoms with Crippen molar-refractivity contribution in [2.24, 2.45) is 0 Å². The second-order valence-corrected chi connectivity index (χ2v) is 5.35. The summed E-state index contributed by atoms with van der Waals surface area (Å²) in [5.41, 5.74) is 1.16. The van der Waals surface area contributed by atoms with Gasteiger partial charge in [-0.05, 0) is 30.5 Å². The second kappa shape index (κ2) is 5.57. The fourth-order valence-electron chi connectivity index (χ4n) is 3.26. The van der Waals surface area contributed by atoms with E-state index >= 15 is 0 Å². The van der Waals surface area contributed by atoms with Gasteiger partial charge in [-0.2, -0.15) is 0 Å². The third kappa shape index (κ3) is 2.66. The summed E-state index contributed by atoms with van der Waals surface area (Å²) in [4.78, 5) is 2.44. The van der Waals surface area contributed by atoms with Gasteiger partial charge in [0, 0.05) is 26.2 Å². The smallest absolute Gasteiger partial charge is 0.123 e. The predicted molar refractivity (Wildman–Crippen MR) is 70.4 cm³/mol. The average molecular weight is 265 g/mol. The van der Waals surface area contributed by atoms with Crippen molar-refractivity contribution in [1.82, 2.24) is 4.90 Å². The normalized spacial score (nSPS) is 31.4. The van der Waals surface area contributed by atoms with Crippen molar-refractivity contribution in [1.29, 1.82) is 0 Å². The van der Waals surface area contributed by atoms with Gasteiger partial charge in [-0.1, -0.05) is 12.1 Å². The molecule has 3 nitrogen and oxygen atoms in total. The molecule has 1 heterocycles. The van der Waals surface area contributed by atoms with Crippen LogP contribution in [0.4, 0.5) is 4.39 Å². The fourth-order valence-corrected chi connectivity index (χ4v) is 3.26. The first-order valence-corrected chi connectivity index (χ1v) is 6.91. The number of hydrogen-bond donors (Lipinski definition) is 0. The molecule has 2 aliphatic rings. The molecule has 1 saturated carbocycles. The molecule has 0 unspecified atom stereocenters. The Balaban J connectivity index is 1.69. The topological polar surface area (TPSA) is 21.7 Å². The number of morpholine rings is 1. The number of rotatable bonds is 3. The third-order valence-electron chi connectivity index (χ3n) is 4.25. The highest BCUT2D eigenvalue weighted by molar-refractivity contribution is 5.16. The molecule has 104 valence electrons. The van der Waals surface area contributed by atoms with Crippen LogP contribution >= 0.6 is 0 Å². The minimum Gasteiger partial charge on any atom is -0.379 e. The van der Waals surface area contributed by atoms with Crippen molar-refractivity contribution in [2.45, 2.75) is 37.6 Å². The highest BCUT2D eigenvalue weighted by Crippen LogP contribution is 2.32. The number of halogens is 1. The zero-order valence-corrected chi connectivity index (χ0v) is 11.2. The van der Waals surface area contributed by atoms with E-state index in [4.69, 9.17) is 9.47 Å². The van der Waals surface area contributed by atoms with Crippen LogP contribution in [0.25, 0.3) is 0 Å². The van der Waals surface area contributed by atoms with Crippen LogP contribution in [0.5, 0.6) is 0 Å². The van der Waals surface area contributed by atoms with Gasteiger partial charge in [-0.3, -0.25) is 4.90 Å². The number of nitrogens with zero attached hydrogens (tertiary/aromatic N) is 1. The van der Waals surface area contributed by atoms with E-state index < -0.39 is 0 Å². The Hall–Kier alpha value is -0.970. The Morgan fingerprint density at radius 1 is 1.32 bits per heavy atom. The van der Waals surface area contributed by atoms with E-state index in [1.807, 2.05) is 12.1 Å². The zero-order chi connectivity index (χ0) is 13.2. The van der Waals surface area contributed by atoms with Crippen molar-refractivity contribution in [2.75, 3.05) is 20.3 Å². The molecular formula is C15H20FNO2. The molecule has 0 spiro atoms. The molecule has 1 aliphatic heterocycles. The molecule has 0 amide bonds. The summed E-state index contributed by atoms with van der Waals surface area (Å²) >= 11 is 0. The van der Waals surface area contributed by atoms with Crippen LogP contribution in [-0.2, 0) is 16.0 Å². The first-order chi connectivity index (χ1) is 9.28. The van der Waals surface area contributed by atoms with Crippen LogP contribution in [0.2, 0.25) is 0 Å². The largest absolute Gasteiger partial charge is 0.379 e. The summed E-state index contributed by atoms with van der Waals surface area (Å²) in [6.45, 7) is 2.55. The van der Waals surface area contributed by atoms with Gasteiger partial charge >= 0.3 is 0 Å². The number of methoxy groups -OCH3 is 1. The molecule has 1 saturated heterocycles. The van der Waals surface area contributed by atoms with E-state index in [1.165, 1.54) is 12.1 Å². The summed E-state index contributed by atoms with van der Waals surface area (Å²) in [7, 11) is 1.76. The standard InChI is InChI=1S/C15H20FNO2/c1-18-14-7-6-13-15(14)19-9-8-17(13)10-11-2-4-12(16)5-3-11/h2-5,13-15H,6-10H2,1H3/t13-,14-,15+/m0/s1. The van der Waals surface area contributed by atoms with Gasteiger partial charge < -0.3 is 9.47 Å². The van der Waals surface area contributed by atoms with E-state index in [2.05, 4.69) is 4.90 Å². The molecule has 1 aromatic carbocycles. The van der Waals surface area contributed by atoms with E-state index in [-0.39, 0.29) is 18.0 Å². The van der Waals surface area contributed by atoms with Gasteiger partial charge in [0.15, 0.2) is 0 Å². The summed E-state index contributed by atoms with van der Waals surface area (Å²) in [5.74, 6) is -0.177. The Kier molecular flexibility index (Phi) is 3.82. The van der Waals surface area contributed by atoms with Crippen LogP contribution in [-0.4, -0.2) is 43.4 Å². The molecule has 0 aromatic heterocycles. The maximum absolute atomic E-state index is 12.9. The first-order valence-electron chi connectivity index (χ1n) is 6.91. The van der Waals surface area contributed by atoms with E-state index in [9.17, 15) is 4.39 Å². The maximum Gasteiger partial charge on any atom is 0.123 e. The van der Waals surface area contributed by atoms with Crippen molar-refractivity contribution < 1.29 is 13.9 Å². The fraction of sp³-hybridized carbons (Fsp3) is 0.600. The van der Waals surface area contributed by atoms with Crippen molar-refractivity contribution in [3.63, 3.8) is 0 Å². The van der Waals surface area contributed by atoms with Crippen LogP contribution in [0.15, 0.2) is 24.3 Å². The molecule has 0 N–H and O–H groups in total. The van der Waals surface area contributed by atoms with Crippen molar-refractivity contribution in [3.8, 4) is 0 Å². The third-order valence-corrected chi connectivity index (χ3v) is 4.25. The highest BCUT2D eigenvalue weighted by atomic mass is 19.1. The maximum atomic E-state index is 12.9. The number of hydrogen-bond acceptors (Lipinski definition) is 3. The Morgan fingerprint density at radius 3 is 2.84 bits per heavy atom. The van der Waals surface area contributed by atoms with Gasteiger partial charge in [-0.25, -0.2) is 4.39 Å². The minimum absolute atomic E-state index is 0.177. The number of ether oxygens (including phenoxy) is 2. The van der Waals surface area contributed by atoms with Crippen LogP contribution in [0.3, 0.4) is 0 Å². The summed E-state index contributed by atoms with van der Waals surface area (Å²) in [6.07, 6.45) is 2.59. The summed E-state index contributed by atoms with van der Waals surface area (Å²) in [6, 6.07) is 7.22. The van der Waals surface area contributed by atoms with Gasteiger partial charge in [0.25, 0.3) is 0 Å². The number of fused-ring (bicyclic) bond motifs is 1. The lowest BCUT2D eigenvalue weighted by Gasteiger charge is -2.38. The average Bonchev–Trinajstić information content (AvgIpc) is 2.85. The number of benzene rings is 1. The van der Waals surface area contributed by atoms with E-state index in [1.54, 1.807) is 7.11 Å². The van der Waals surface area contributed by atoms with Crippen LogP contribution in [0.1, 0.15) is 18.4 Å². The first kappa shape index (κ1) is 13.0. The molecule has 1 aromatic rings. The molecule has 3 atom stereocenters. The lowest BCUT2D eigenvalue weighted by atomic mass is 10.1. The second-order valence-electron chi connectivity index (χ2n) is 5.35. The van der Waals surface area contributed by atoms with Crippen molar-refractivity contribution in [3.05, 3.63) is 35.6 Å². The predicted octanol–water partition coefficient (Wildman–Crippen LogP) is 2.20. The highest BCUT2D eigenvalue weighted by Gasteiger charge is 2.42. The van der Waals surface area contributed by atoms with E-state index in [0.717, 1.165) is 38.1 Å². The monoisotopic (exact) mass is 265 g/mol. The lowest BCUT2D eigenvalue weighted by molar-refractivity contribution is -0.106. The van der Waals surface area contributed by atoms with Gasteiger partial charge in [-0.15, -0.1) is 0 Å². The van der Waals surface area contributed by atoms with Gasteiger partial charge in [0.05, 0.1) is 18.8 Å². The molecular weight excluding hydrogens is 245 g/mol. The summed E-state index contributed by atoms with van der Waals surface area (Å²) < 4.78 is 24.3. The zero-order valence-electron chi connectivity index (χ0n) is 11.2. The molecule has 0 radical (unpaired) electrons. The molecule has 1 aliphatic carbocycles. The molecule has 19 heavy (non-hydrogen) atoms. The Morgan fingerprint density at radius 2 is 2.11 bits per heavy atom. The SMILES string of the molecule is CO[C@H]1CC[C@H]2[C@H]1OCCN2Cc1ccc(F)cc1. The quantitative estimate of drug-likeness (QED) is 0.836. The Labute approximate surface area is 113 Å². The summed E-state index contributed by atoms with van der Waals surface area (Å²) in [5, 5.41) is 0. The van der Waals surface area contributed by atoms with Crippen LogP contribution < -0.4 is 0 Å². The molecule has 3 rings (SSSR count). The van der Waals surface area contributed by atoms with E-state index in [0.29, 0.717) is 6.04 Å². The molecule has 2 fully saturated rings. The van der Waals surface area contributed by atoms with Gasteiger partial charge in [0.2, 0.25) is 0 Å². The molecule has 4 heteroatoms. The van der Waals surface area contributed by atoms with Gasteiger partial charge in [0.1, 0.15) is 5.82 Å². The molecule has 0 bridgehead atoms.